The monoisotopic (exact) mass is 215 g/mol. The van der Waals surface area contributed by atoms with E-state index in [9.17, 15) is 4.79 Å². The zero-order valence-electron chi connectivity index (χ0n) is 10.4. The van der Waals surface area contributed by atoms with Crippen LogP contribution in [0.3, 0.4) is 0 Å². The molecule has 0 fully saturated rings. The van der Waals surface area contributed by atoms with Gasteiger partial charge in [-0.15, -0.1) is 0 Å². The summed E-state index contributed by atoms with van der Waals surface area (Å²) < 4.78 is 0. The van der Waals surface area contributed by atoms with Crippen LogP contribution in [-0.4, -0.2) is 17.1 Å². The maximum Gasteiger partial charge on any atom is 0.303 e. The van der Waals surface area contributed by atoms with Crippen LogP contribution in [0.2, 0.25) is 0 Å². The molecule has 15 heavy (non-hydrogen) atoms. The number of carboxylic acid groups (broad SMARTS) is 1. The summed E-state index contributed by atoms with van der Waals surface area (Å²) in [6.45, 7) is 8.26. The van der Waals surface area contributed by atoms with E-state index in [1.807, 2.05) is 13.8 Å². The Bertz CT molecular complexity index is 204. The molecule has 0 saturated heterocycles. The lowest BCUT2D eigenvalue weighted by Gasteiger charge is -2.37. The first-order valence-electron chi connectivity index (χ1n) is 5.85. The molecule has 0 heterocycles. The highest BCUT2D eigenvalue weighted by Crippen LogP contribution is 2.37. The Labute approximate surface area is 93.0 Å². The Morgan fingerprint density at radius 1 is 1.40 bits per heavy atom. The number of aliphatic carboxylic acids is 1. The minimum absolute atomic E-state index is 0.0624. The molecule has 0 aromatic heterocycles. The molecule has 0 rings (SSSR count). The third-order valence-electron chi connectivity index (χ3n) is 3.63. The SMILES string of the molecule is CCC(C)CC(CC)(CC(=O)O)C(C)N. The average Bonchev–Trinajstić information content (AvgIpc) is 2.15. The molecule has 0 spiro atoms. The van der Waals surface area contributed by atoms with E-state index in [4.69, 9.17) is 10.8 Å². The molecule has 0 aromatic carbocycles. The lowest BCUT2D eigenvalue weighted by Crippen LogP contribution is -2.42. The lowest BCUT2D eigenvalue weighted by atomic mass is 9.70. The maximum atomic E-state index is 10.9. The molecule has 3 N–H and O–H groups in total. The normalized spacial score (nSPS) is 19.3. The zero-order valence-corrected chi connectivity index (χ0v) is 10.4. The van der Waals surface area contributed by atoms with Crippen LogP contribution in [0.4, 0.5) is 0 Å². The zero-order chi connectivity index (χ0) is 12.1. The van der Waals surface area contributed by atoms with Gasteiger partial charge in [0.25, 0.3) is 0 Å². The second-order valence-electron chi connectivity index (χ2n) is 4.79. The molecule has 3 nitrogen and oxygen atoms in total. The van der Waals surface area contributed by atoms with Gasteiger partial charge in [0.2, 0.25) is 0 Å². The summed E-state index contributed by atoms with van der Waals surface area (Å²) in [5.74, 6) is -0.201. The fraction of sp³-hybridized carbons (Fsp3) is 0.917. The number of hydrogen-bond donors (Lipinski definition) is 2. The number of rotatable bonds is 7. The standard InChI is InChI=1S/C12H25NO2/c1-5-9(3)7-12(6-2,10(4)13)8-11(14)15/h9-10H,5-8,13H2,1-4H3,(H,14,15). The quantitative estimate of drug-likeness (QED) is 0.686. The van der Waals surface area contributed by atoms with Gasteiger partial charge in [0.1, 0.15) is 0 Å². The number of nitrogens with two attached hydrogens (primary N) is 1. The third kappa shape index (κ3) is 4.20. The summed E-state index contributed by atoms with van der Waals surface area (Å²) in [5.41, 5.74) is 5.74. The van der Waals surface area contributed by atoms with Gasteiger partial charge in [0.15, 0.2) is 0 Å². The van der Waals surface area contributed by atoms with E-state index < -0.39 is 5.97 Å². The van der Waals surface area contributed by atoms with Crippen molar-refractivity contribution >= 4 is 5.97 Å². The molecule has 0 radical (unpaired) electrons. The summed E-state index contributed by atoms with van der Waals surface area (Å²) in [6.07, 6.45) is 3.00. The Hall–Kier alpha value is -0.570. The van der Waals surface area contributed by atoms with Gasteiger partial charge in [-0.1, -0.05) is 27.2 Å². The van der Waals surface area contributed by atoms with E-state index in [1.165, 1.54) is 0 Å². The van der Waals surface area contributed by atoms with Crippen LogP contribution in [0.5, 0.6) is 0 Å². The Morgan fingerprint density at radius 3 is 2.20 bits per heavy atom. The molecule has 0 saturated carbocycles. The highest BCUT2D eigenvalue weighted by molar-refractivity contribution is 5.67. The summed E-state index contributed by atoms with van der Waals surface area (Å²) in [5, 5.41) is 8.96. The first-order valence-corrected chi connectivity index (χ1v) is 5.85. The van der Waals surface area contributed by atoms with Crippen LogP contribution in [-0.2, 0) is 4.79 Å². The van der Waals surface area contributed by atoms with E-state index >= 15 is 0 Å². The fourth-order valence-electron chi connectivity index (χ4n) is 2.15. The molecule has 3 unspecified atom stereocenters. The molecule has 90 valence electrons. The number of carboxylic acids is 1. The summed E-state index contributed by atoms with van der Waals surface area (Å²) >= 11 is 0. The van der Waals surface area contributed by atoms with E-state index in [2.05, 4.69) is 13.8 Å². The summed E-state index contributed by atoms with van der Waals surface area (Å²) in [7, 11) is 0. The highest BCUT2D eigenvalue weighted by Gasteiger charge is 2.35. The van der Waals surface area contributed by atoms with Gasteiger partial charge < -0.3 is 10.8 Å². The van der Waals surface area contributed by atoms with Crippen LogP contribution < -0.4 is 5.73 Å². The Kier molecular flexibility index (Phi) is 5.88. The van der Waals surface area contributed by atoms with Crippen LogP contribution in [0.25, 0.3) is 0 Å². The first-order chi connectivity index (χ1) is 6.88. The summed E-state index contributed by atoms with van der Waals surface area (Å²) in [4.78, 5) is 10.9. The van der Waals surface area contributed by atoms with E-state index in [0.29, 0.717) is 5.92 Å². The van der Waals surface area contributed by atoms with Crippen molar-refractivity contribution in [1.29, 1.82) is 0 Å². The minimum Gasteiger partial charge on any atom is -0.481 e. The Morgan fingerprint density at radius 2 is 1.93 bits per heavy atom. The van der Waals surface area contributed by atoms with Crippen LogP contribution in [0.15, 0.2) is 0 Å². The molecule has 3 heteroatoms. The van der Waals surface area contributed by atoms with Crippen molar-refractivity contribution in [3.05, 3.63) is 0 Å². The van der Waals surface area contributed by atoms with E-state index in [0.717, 1.165) is 19.3 Å². The van der Waals surface area contributed by atoms with Gasteiger partial charge >= 0.3 is 5.97 Å². The first kappa shape index (κ1) is 14.4. The van der Waals surface area contributed by atoms with Gasteiger partial charge in [-0.3, -0.25) is 4.79 Å². The van der Waals surface area contributed by atoms with Crippen LogP contribution in [0.1, 0.15) is 53.4 Å². The predicted octanol–water partition coefficient (Wildman–Crippen LogP) is 2.64. The Balaban J connectivity index is 4.72. The van der Waals surface area contributed by atoms with Crippen molar-refractivity contribution in [3.8, 4) is 0 Å². The molecule has 0 aromatic rings. The highest BCUT2D eigenvalue weighted by atomic mass is 16.4. The average molecular weight is 215 g/mol. The van der Waals surface area contributed by atoms with Gasteiger partial charge in [-0.05, 0) is 31.1 Å². The lowest BCUT2D eigenvalue weighted by molar-refractivity contribution is -0.140. The van der Waals surface area contributed by atoms with Crippen LogP contribution >= 0.6 is 0 Å². The largest absolute Gasteiger partial charge is 0.481 e. The minimum atomic E-state index is -0.738. The molecule has 3 atom stereocenters. The summed E-state index contributed by atoms with van der Waals surface area (Å²) in [6, 6.07) is -0.0624. The van der Waals surface area contributed by atoms with Crippen molar-refractivity contribution in [2.75, 3.05) is 0 Å². The van der Waals surface area contributed by atoms with Gasteiger partial charge in [-0.25, -0.2) is 0 Å². The second kappa shape index (κ2) is 6.11. The smallest absolute Gasteiger partial charge is 0.303 e. The third-order valence-corrected chi connectivity index (χ3v) is 3.63. The van der Waals surface area contributed by atoms with E-state index in [1.54, 1.807) is 0 Å². The molecule has 0 bridgehead atoms. The molecule has 0 amide bonds. The number of carbonyl (C=O) groups is 1. The molecule has 0 aliphatic heterocycles. The van der Waals surface area contributed by atoms with E-state index in [-0.39, 0.29) is 17.9 Å². The van der Waals surface area contributed by atoms with Gasteiger partial charge in [0, 0.05) is 6.04 Å². The maximum absolute atomic E-state index is 10.9. The van der Waals surface area contributed by atoms with Crippen molar-refractivity contribution in [3.63, 3.8) is 0 Å². The molecular formula is C12H25NO2. The fourth-order valence-corrected chi connectivity index (χ4v) is 2.15. The molecule has 0 aliphatic rings. The topological polar surface area (TPSA) is 63.3 Å². The van der Waals surface area contributed by atoms with Crippen molar-refractivity contribution < 1.29 is 9.90 Å². The second-order valence-corrected chi connectivity index (χ2v) is 4.79. The van der Waals surface area contributed by atoms with Gasteiger partial charge in [0.05, 0.1) is 6.42 Å². The van der Waals surface area contributed by atoms with Gasteiger partial charge in [-0.2, -0.15) is 0 Å². The van der Waals surface area contributed by atoms with Crippen LogP contribution in [0, 0.1) is 11.3 Å². The number of hydrogen-bond acceptors (Lipinski definition) is 2. The predicted molar refractivity (Wildman–Crippen MR) is 62.7 cm³/mol. The molecular weight excluding hydrogens is 190 g/mol. The van der Waals surface area contributed by atoms with Crippen molar-refractivity contribution in [2.24, 2.45) is 17.1 Å². The van der Waals surface area contributed by atoms with Crippen molar-refractivity contribution in [2.45, 2.75) is 59.4 Å². The molecule has 0 aliphatic carbocycles. The van der Waals surface area contributed by atoms with Crippen molar-refractivity contribution in [1.82, 2.24) is 0 Å².